The van der Waals surface area contributed by atoms with E-state index in [0.717, 1.165) is 3.57 Å². The van der Waals surface area contributed by atoms with Gasteiger partial charge in [-0.2, -0.15) is 0 Å². The van der Waals surface area contributed by atoms with E-state index in [1.54, 1.807) is 12.1 Å². The van der Waals surface area contributed by atoms with Crippen LogP contribution in [-0.4, -0.2) is 31.7 Å². The van der Waals surface area contributed by atoms with Gasteiger partial charge in [-0.1, -0.05) is 6.07 Å². The van der Waals surface area contributed by atoms with E-state index in [1.807, 2.05) is 12.1 Å². The first kappa shape index (κ1) is 14.6. The molecule has 0 spiro atoms. The first-order chi connectivity index (χ1) is 9.65. The van der Waals surface area contributed by atoms with Gasteiger partial charge in [0, 0.05) is 9.26 Å². The maximum absolute atomic E-state index is 11.6. The van der Waals surface area contributed by atoms with Gasteiger partial charge in [0.25, 0.3) is 5.91 Å². The largest absolute Gasteiger partial charge is 0.493 e. The number of carbonyl (C=O) groups excluding carboxylic acids is 2. The van der Waals surface area contributed by atoms with Crippen molar-refractivity contribution in [2.24, 2.45) is 0 Å². The number of benzene rings is 1. The molecule has 0 saturated heterocycles. The average molecular weight is 389 g/mol. The van der Waals surface area contributed by atoms with Crippen LogP contribution >= 0.6 is 22.6 Å². The van der Waals surface area contributed by atoms with Crippen LogP contribution in [0.15, 0.2) is 36.3 Å². The highest BCUT2D eigenvalue weighted by molar-refractivity contribution is 14.1. The Morgan fingerprint density at radius 1 is 1.35 bits per heavy atom. The van der Waals surface area contributed by atoms with Crippen molar-refractivity contribution in [1.29, 1.82) is 0 Å². The summed E-state index contributed by atoms with van der Waals surface area (Å²) in [5.41, 5.74) is 0.648. The van der Waals surface area contributed by atoms with Gasteiger partial charge in [0.05, 0.1) is 0 Å². The van der Waals surface area contributed by atoms with E-state index in [4.69, 9.17) is 14.2 Å². The Morgan fingerprint density at radius 2 is 2.20 bits per heavy atom. The molecule has 0 aromatic heterocycles. The van der Waals surface area contributed by atoms with Crippen molar-refractivity contribution in [2.75, 3.05) is 25.1 Å². The Morgan fingerprint density at radius 3 is 2.90 bits per heavy atom. The Bertz CT molecular complexity index is 543. The zero-order chi connectivity index (χ0) is 14.4. The average Bonchev–Trinajstić information content (AvgIpc) is 2.46. The lowest BCUT2D eigenvalue weighted by atomic mass is 10.3. The van der Waals surface area contributed by atoms with E-state index in [2.05, 4.69) is 27.9 Å². The standard InChI is InChI=1S/C13H12INO5/c14-9-2-1-3-10(6-9)15-12(16)8-20-13(17)11-7-18-4-5-19-11/h1-3,6-7H,4-5,8H2,(H,15,16). The predicted octanol–water partition coefficient (Wildman–Crippen LogP) is 1.66. The van der Waals surface area contributed by atoms with E-state index in [0.29, 0.717) is 12.3 Å². The maximum Gasteiger partial charge on any atom is 0.377 e. The molecule has 0 radical (unpaired) electrons. The third kappa shape index (κ3) is 4.41. The van der Waals surface area contributed by atoms with Crippen molar-refractivity contribution in [3.05, 3.63) is 39.9 Å². The van der Waals surface area contributed by atoms with Gasteiger partial charge in [-0.05, 0) is 40.8 Å². The zero-order valence-electron chi connectivity index (χ0n) is 10.4. The van der Waals surface area contributed by atoms with E-state index in [1.165, 1.54) is 6.26 Å². The highest BCUT2D eigenvalue weighted by atomic mass is 127. The topological polar surface area (TPSA) is 73.9 Å². The second kappa shape index (κ2) is 7.13. The van der Waals surface area contributed by atoms with Crippen molar-refractivity contribution < 1.29 is 23.8 Å². The number of ether oxygens (including phenoxy) is 3. The molecule has 0 bridgehead atoms. The molecule has 7 heteroatoms. The van der Waals surface area contributed by atoms with Crippen molar-refractivity contribution in [3.8, 4) is 0 Å². The summed E-state index contributed by atoms with van der Waals surface area (Å²) in [6, 6.07) is 7.29. The molecule has 0 unspecified atom stereocenters. The zero-order valence-corrected chi connectivity index (χ0v) is 12.6. The monoisotopic (exact) mass is 389 g/mol. The highest BCUT2D eigenvalue weighted by Crippen LogP contribution is 2.12. The van der Waals surface area contributed by atoms with Crippen LogP contribution in [0.4, 0.5) is 5.69 Å². The third-order valence-corrected chi connectivity index (χ3v) is 2.96. The molecule has 1 aliphatic rings. The van der Waals surface area contributed by atoms with Gasteiger partial charge in [0.1, 0.15) is 19.5 Å². The number of hydrogen-bond donors (Lipinski definition) is 1. The lowest BCUT2D eigenvalue weighted by Gasteiger charge is -2.14. The Hall–Kier alpha value is -1.77. The molecule has 0 saturated carbocycles. The van der Waals surface area contributed by atoms with Crippen molar-refractivity contribution in [2.45, 2.75) is 0 Å². The van der Waals surface area contributed by atoms with Gasteiger partial charge >= 0.3 is 5.97 Å². The lowest BCUT2D eigenvalue weighted by molar-refractivity contribution is -0.148. The number of nitrogens with one attached hydrogen (secondary N) is 1. The van der Waals surface area contributed by atoms with Crippen molar-refractivity contribution in [1.82, 2.24) is 0 Å². The lowest BCUT2D eigenvalue weighted by Crippen LogP contribution is -2.23. The van der Waals surface area contributed by atoms with Crippen LogP contribution < -0.4 is 5.32 Å². The molecule has 0 atom stereocenters. The molecule has 0 aliphatic carbocycles. The molecule has 6 nitrogen and oxygen atoms in total. The number of anilines is 1. The summed E-state index contributed by atoms with van der Waals surface area (Å²) in [5, 5.41) is 2.63. The van der Waals surface area contributed by atoms with Gasteiger partial charge < -0.3 is 19.5 Å². The summed E-state index contributed by atoms with van der Waals surface area (Å²) in [6.07, 6.45) is 1.18. The van der Waals surface area contributed by atoms with Gasteiger partial charge in [0.2, 0.25) is 5.76 Å². The van der Waals surface area contributed by atoms with E-state index < -0.39 is 11.9 Å². The van der Waals surface area contributed by atoms with Crippen LogP contribution in [-0.2, 0) is 23.8 Å². The molecule has 1 N–H and O–H groups in total. The fourth-order valence-corrected chi connectivity index (χ4v) is 1.98. The van der Waals surface area contributed by atoms with Crippen LogP contribution in [0.2, 0.25) is 0 Å². The molecular formula is C13H12INO5. The van der Waals surface area contributed by atoms with Crippen LogP contribution in [0.25, 0.3) is 0 Å². The number of halogens is 1. The minimum absolute atomic E-state index is 0.0293. The summed E-state index contributed by atoms with van der Waals surface area (Å²) < 4.78 is 15.8. The van der Waals surface area contributed by atoms with Crippen molar-refractivity contribution >= 4 is 40.2 Å². The summed E-state index contributed by atoms with van der Waals surface area (Å²) in [6.45, 7) is 0.296. The Labute approximate surface area is 129 Å². The van der Waals surface area contributed by atoms with Gasteiger partial charge in [-0.25, -0.2) is 4.79 Å². The summed E-state index contributed by atoms with van der Waals surface area (Å²) >= 11 is 2.14. The van der Waals surface area contributed by atoms with Crippen LogP contribution in [0, 0.1) is 3.57 Å². The summed E-state index contributed by atoms with van der Waals surface area (Å²) in [5.74, 6) is -1.17. The molecule has 1 aliphatic heterocycles. The minimum atomic E-state index is -0.720. The molecule has 1 aromatic carbocycles. The number of amides is 1. The highest BCUT2D eigenvalue weighted by Gasteiger charge is 2.17. The number of carbonyl (C=O) groups is 2. The molecule has 20 heavy (non-hydrogen) atoms. The molecule has 1 amide bonds. The van der Waals surface area contributed by atoms with Gasteiger partial charge in [-0.15, -0.1) is 0 Å². The predicted molar refractivity (Wildman–Crippen MR) is 78.7 cm³/mol. The first-order valence-electron chi connectivity index (χ1n) is 5.82. The van der Waals surface area contributed by atoms with E-state index in [9.17, 15) is 9.59 Å². The maximum atomic E-state index is 11.6. The van der Waals surface area contributed by atoms with E-state index >= 15 is 0 Å². The fraction of sp³-hybridized carbons (Fsp3) is 0.231. The first-order valence-corrected chi connectivity index (χ1v) is 6.90. The van der Waals surface area contributed by atoms with Crippen LogP contribution in [0.5, 0.6) is 0 Å². The fourth-order valence-electron chi connectivity index (χ4n) is 1.44. The smallest absolute Gasteiger partial charge is 0.377 e. The second-order valence-electron chi connectivity index (χ2n) is 3.84. The quantitative estimate of drug-likeness (QED) is 0.627. The van der Waals surface area contributed by atoms with E-state index in [-0.39, 0.29) is 19.0 Å². The summed E-state index contributed by atoms with van der Waals surface area (Å²) in [4.78, 5) is 23.2. The SMILES string of the molecule is O=C(COC(=O)C1=COCCO1)Nc1cccc(I)c1. The van der Waals surface area contributed by atoms with Crippen molar-refractivity contribution in [3.63, 3.8) is 0 Å². The van der Waals surface area contributed by atoms with Crippen LogP contribution in [0.3, 0.4) is 0 Å². The molecular weight excluding hydrogens is 377 g/mol. The molecule has 1 aromatic rings. The molecule has 1 heterocycles. The summed E-state index contributed by atoms with van der Waals surface area (Å²) in [7, 11) is 0. The second-order valence-corrected chi connectivity index (χ2v) is 5.08. The minimum Gasteiger partial charge on any atom is -0.493 e. The molecule has 2 rings (SSSR count). The number of rotatable bonds is 4. The van der Waals surface area contributed by atoms with Gasteiger partial charge in [-0.3, -0.25) is 4.79 Å². The van der Waals surface area contributed by atoms with Crippen LogP contribution in [0.1, 0.15) is 0 Å². The number of esters is 1. The molecule has 0 fully saturated rings. The molecule has 106 valence electrons. The Balaban J connectivity index is 1.80. The van der Waals surface area contributed by atoms with Gasteiger partial charge in [0.15, 0.2) is 6.61 Å². The third-order valence-electron chi connectivity index (χ3n) is 2.29. The Kier molecular flexibility index (Phi) is 5.22. The normalized spacial score (nSPS) is 13.6. The number of hydrogen-bond acceptors (Lipinski definition) is 5.